The molecule has 2 aromatic rings. The van der Waals surface area contributed by atoms with Gasteiger partial charge in [0, 0.05) is 6.42 Å². The van der Waals surface area contributed by atoms with Gasteiger partial charge in [-0.1, -0.05) is 35.9 Å². The molecule has 1 nitrogen and oxygen atoms in total. The van der Waals surface area contributed by atoms with Gasteiger partial charge in [-0.2, -0.15) is 0 Å². The van der Waals surface area contributed by atoms with E-state index < -0.39 is 17.7 Å². The first-order valence-electron chi connectivity index (χ1n) is 5.44. The highest BCUT2D eigenvalue weighted by Crippen LogP contribution is 2.24. The number of hydrogen-bond acceptors (Lipinski definition) is 1. The van der Waals surface area contributed by atoms with Crippen molar-refractivity contribution in [2.45, 2.75) is 12.5 Å². The fourth-order valence-electron chi connectivity index (χ4n) is 1.75. The monoisotopic (exact) mass is 268 g/mol. The molecule has 0 saturated heterocycles. The van der Waals surface area contributed by atoms with Crippen LogP contribution in [0.5, 0.6) is 0 Å². The molecule has 2 aromatic carbocycles. The molecule has 18 heavy (non-hydrogen) atoms. The van der Waals surface area contributed by atoms with Crippen LogP contribution in [0.4, 0.5) is 8.78 Å². The lowest BCUT2D eigenvalue weighted by atomic mass is 10.0. The van der Waals surface area contributed by atoms with Crippen LogP contribution in [0.15, 0.2) is 42.5 Å². The molecule has 1 N–H and O–H groups in total. The van der Waals surface area contributed by atoms with Crippen molar-refractivity contribution in [1.82, 2.24) is 0 Å². The molecule has 94 valence electrons. The van der Waals surface area contributed by atoms with Crippen LogP contribution in [0, 0.1) is 11.6 Å². The number of aliphatic hydroxyl groups is 1. The highest BCUT2D eigenvalue weighted by molar-refractivity contribution is 6.30. The minimum absolute atomic E-state index is 0.0129. The van der Waals surface area contributed by atoms with Gasteiger partial charge < -0.3 is 5.11 Å². The van der Waals surface area contributed by atoms with Gasteiger partial charge in [-0.3, -0.25) is 0 Å². The van der Waals surface area contributed by atoms with E-state index in [2.05, 4.69) is 0 Å². The van der Waals surface area contributed by atoms with Crippen molar-refractivity contribution in [3.8, 4) is 0 Å². The summed E-state index contributed by atoms with van der Waals surface area (Å²) < 4.78 is 26.6. The fraction of sp³-hybridized carbons (Fsp3) is 0.143. The summed E-state index contributed by atoms with van der Waals surface area (Å²) in [6.07, 6.45) is -0.913. The number of halogens is 3. The maximum Gasteiger partial charge on any atom is 0.145 e. The third kappa shape index (κ3) is 2.86. The molecular formula is C14H11ClF2O. The smallest absolute Gasteiger partial charge is 0.145 e. The van der Waals surface area contributed by atoms with Gasteiger partial charge in [0.15, 0.2) is 0 Å². The minimum atomic E-state index is -0.964. The molecule has 0 amide bonds. The predicted octanol–water partition coefficient (Wildman–Crippen LogP) is 3.89. The predicted molar refractivity (Wildman–Crippen MR) is 66.5 cm³/mol. The molecule has 0 aliphatic heterocycles. The van der Waals surface area contributed by atoms with Crippen molar-refractivity contribution < 1.29 is 13.9 Å². The average molecular weight is 269 g/mol. The van der Waals surface area contributed by atoms with Gasteiger partial charge in [0.2, 0.25) is 0 Å². The molecule has 1 atom stereocenters. The molecule has 0 fully saturated rings. The summed E-state index contributed by atoms with van der Waals surface area (Å²) in [5.41, 5.74) is 0.716. The maximum absolute atomic E-state index is 13.6. The van der Waals surface area contributed by atoms with E-state index in [1.807, 2.05) is 0 Å². The molecule has 4 heteroatoms. The summed E-state index contributed by atoms with van der Waals surface area (Å²) in [5.74, 6) is -0.979. The van der Waals surface area contributed by atoms with Crippen LogP contribution >= 0.6 is 11.6 Å². The minimum Gasteiger partial charge on any atom is -0.388 e. The maximum atomic E-state index is 13.6. The second-order valence-corrected chi connectivity index (χ2v) is 4.40. The van der Waals surface area contributed by atoms with E-state index in [0.717, 1.165) is 0 Å². The third-order valence-corrected chi connectivity index (χ3v) is 2.97. The Kier molecular flexibility index (Phi) is 3.94. The Bertz CT molecular complexity index is 557. The second-order valence-electron chi connectivity index (χ2n) is 3.99. The van der Waals surface area contributed by atoms with Crippen LogP contribution in [0.1, 0.15) is 17.2 Å². The van der Waals surface area contributed by atoms with Crippen LogP contribution in [0.2, 0.25) is 5.02 Å². The average Bonchev–Trinajstić information content (AvgIpc) is 2.35. The molecular weight excluding hydrogens is 258 g/mol. The lowest BCUT2D eigenvalue weighted by molar-refractivity contribution is 0.176. The molecule has 0 saturated carbocycles. The Morgan fingerprint density at radius 2 is 1.83 bits per heavy atom. The van der Waals surface area contributed by atoms with E-state index in [4.69, 9.17) is 11.6 Å². The Balaban J connectivity index is 2.21. The number of rotatable bonds is 3. The van der Waals surface area contributed by atoms with Crippen molar-refractivity contribution in [1.29, 1.82) is 0 Å². The third-order valence-electron chi connectivity index (χ3n) is 2.68. The van der Waals surface area contributed by atoms with Gasteiger partial charge in [0.25, 0.3) is 0 Å². The zero-order chi connectivity index (χ0) is 13.1. The fourth-order valence-corrected chi connectivity index (χ4v) is 1.94. The van der Waals surface area contributed by atoms with Crippen molar-refractivity contribution >= 4 is 11.6 Å². The molecule has 0 radical (unpaired) electrons. The number of benzene rings is 2. The summed E-state index contributed by atoms with van der Waals surface area (Å²) in [5, 5.41) is 9.95. The van der Waals surface area contributed by atoms with E-state index >= 15 is 0 Å². The number of aliphatic hydroxyl groups excluding tert-OH is 1. The highest BCUT2D eigenvalue weighted by atomic mass is 35.5. The summed E-state index contributed by atoms with van der Waals surface area (Å²) in [7, 11) is 0. The van der Waals surface area contributed by atoms with E-state index in [0.29, 0.717) is 11.1 Å². The van der Waals surface area contributed by atoms with Gasteiger partial charge in [-0.25, -0.2) is 8.78 Å². The SMILES string of the molecule is OC(Cc1cccc(Cl)c1F)c1cccc(F)c1. The molecule has 0 bridgehead atoms. The summed E-state index contributed by atoms with van der Waals surface area (Å²) in [6, 6.07) is 10.2. The van der Waals surface area contributed by atoms with Crippen molar-refractivity contribution in [3.63, 3.8) is 0 Å². The van der Waals surface area contributed by atoms with Crippen LogP contribution in [0.25, 0.3) is 0 Å². The summed E-state index contributed by atoms with van der Waals surface area (Å²) in [6.45, 7) is 0. The topological polar surface area (TPSA) is 20.2 Å². The highest BCUT2D eigenvalue weighted by Gasteiger charge is 2.13. The quantitative estimate of drug-likeness (QED) is 0.895. The first kappa shape index (κ1) is 13.0. The van der Waals surface area contributed by atoms with E-state index in [1.54, 1.807) is 18.2 Å². The standard InChI is InChI=1S/C14H11ClF2O/c15-12-6-2-4-10(14(12)17)8-13(18)9-3-1-5-11(16)7-9/h1-7,13,18H,8H2. The van der Waals surface area contributed by atoms with Crippen LogP contribution < -0.4 is 0 Å². The van der Waals surface area contributed by atoms with Gasteiger partial charge in [0.1, 0.15) is 11.6 Å². The lowest BCUT2D eigenvalue weighted by Gasteiger charge is -2.12. The van der Waals surface area contributed by atoms with Gasteiger partial charge in [-0.05, 0) is 29.3 Å². The van der Waals surface area contributed by atoms with Crippen LogP contribution in [-0.4, -0.2) is 5.11 Å². The van der Waals surface area contributed by atoms with Gasteiger partial charge in [0.05, 0.1) is 11.1 Å². The first-order chi connectivity index (χ1) is 8.58. The van der Waals surface area contributed by atoms with E-state index in [-0.39, 0.29) is 11.4 Å². The van der Waals surface area contributed by atoms with Crippen LogP contribution in [0.3, 0.4) is 0 Å². The molecule has 2 rings (SSSR count). The zero-order valence-electron chi connectivity index (χ0n) is 9.41. The van der Waals surface area contributed by atoms with Gasteiger partial charge in [-0.15, -0.1) is 0 Å². The van der Waals surface area contributed by atoms with Crippen molar-refractivity contribution in [2.75, 3.05) is 0 Å². The van der Waals surface area contributed by atoms with E-state index in [9.17, 15) is 13.9 Å². The van der Waals surface area contributed by atoms with E-state index in [1.165, 1.54) is 24.3 Å². The van der Waals surface area contributed by atoms with Crippen LogP contribution in [-0.2, 0) is 6.42 Å². The summed E-state index contributed by atoms with van der Waals surface area (Å²) in [4.78, 5) is 0. The Hall–Kier alpha value is -1.45. The zero-order valence-corrected chi connectivity index (χ0v) is 10.2. The lowest BCUT2D eigenvalue weighted by Crippen LogP contribution is -2.04. The van der Waals surface area contributed by atoms with Crippen molar-refractivity contribution in [3.05, 3.63) is 70.2 Å². The molecule has 1 unspecified atom stereocenters. The first-order valence-corrected chi connectivity index (χ1v) is 5.82. The number of hydrogen-bond donors (Lipinski definition) is 1. The molecule has 0 heterocycles. The van der Waals surface area contributed by atoms with Crippen molar-refractivity contribution in [2.24, 2.45) is 0 Å². The Labute approximate surface area is 109 Å². The summed E-state index contributed by atoms with van der Waals surface area (Å²) >= 11 is 5.65. The Morgan fingerprint density at radius 3 is 2.56 bits per heavy atom. The second kappa shape index (κ2) is 5.46. The molecule has 0 aliphatic rings. The Morgan fingerprint density at radius 1 is 1.11 bits per heavy atom. The largest absolute Gasteiger partial charge is 0.388 e. The molecule has 0 aliphatic carbocycles. The molecule has 0 aromatic heterocycles. The van der Waals surface area contributed by atoms with Gasteiger partial charge >= 0.3 is 0 Å². The molecule has 0 spiro atoms. The normalized spacial score (nSPS) is 12.4.